The average Bonchev–Trinajstić information content (AvgIpc) is 2.70. The largest absolute Gasteiger partial charge is 0.493 e. The van der Waals surface area contributed by atoms with Crippen LogP contribution in [0.2, 0.25) is 0 Å². The van der Waals surface area contributed by atoms with Gasteiger partial charge in [-0.05, 0) is 58.1 Å². The van der Waals surface area contributed by atoms with E-state index in [9.17, 15) is 9.59 Å². The van der Waals surface area contributed by atoms with Crippen molar-refractivity contribution in [3.63, 3.8) is 0 Å². The van der Waals surface area contributed by atoms with Crippen molar-refractivity contribution in [2.75, 3.05) is 13.7 Å². The van der Waals surface area contributed by atoms with Gasteiger partial charge in [0.2, 0.25) is 0 Å². The second-order valence-electron chi connectivity index (χ2n) is 7.63. The molecule has 2 aromatic carbocycles. The summed E-state index contributed by atoms with van der Waals surface area (Å²) in [6, 6.07) is 12.7. The van der Waals surface area contributed by atoms with Crippen LogP contribution in [0.1, 0.15) is 33.3 Å². The van der Waals surface area contributed by atoms with Crippen molar-refractivity contribution in [1.82, 2.24) is 10.9 Å². The third kappa shape index (κ3) is 6.66. The van der Waals surface area contributed by atoms with Gasteiger partial charge in [0.1, 0.15) is 5.75 Å². The summed E-state index contributed by atoms with van der Waals surface area (Å²) in [6.07, 6.45) is -0.846. The summed E-state index contributed by atoms with van der Waals surface area (Å²) >= 11 is 3.46. The van der Waals surface area contributed by atoms with Gasteiger partial charge in [-0.3, -0.25) is 20.4 Å². The van der Waals surface area contributed by atoms with Gasteiger partial charge in [-0.25, -0.2) is 0 Å². The molecular weight excluding hydrogens is 452 g/mol. The molecule has 0 aliphatic heterocycles. The van der Waals surface area contributed by atoms with Crippen molar-refractivity contribution >= 4 is 27.7 Å². The Morgan fingerprint density at radius 2 is 1.70 bits per heavy atom. The maximum atomic E-state index is 12.2. The third-order valence-corrected chi connectivity index (χ3v) is 4.84. The zero-order valence-corrected chi connectivity index (χ0v) is 19.3. The number of para-hydroxylation sites is 2. The summed E-state index contributed by atoms with van der Waals surface area (Å²) in [5, 5.41) is 0. The van der Waals surface area contributed by atoms with Gasteiger partial charge in [0.15, 0.2) is 24.2 Å². The lowest BCUT2D eigenvalue weighted by atomic mass is 9.87. The van der Waals surface area contributed by atoms with Crippen molar-refractivity contribution < 1.29 is 23.8 Å². The molecule has 1 atom stereocenters. The van der Waals surface area contributed by atoms with Gasteiger partial charge in [-0.2, -0.15) is 0 Å². The van der Waals surface area contributed by atoms with Gasteiger partial charge in [0.05, 0.1) is 11.6 Å². The first kappa shape index (κ1) is 23.5. The highest BCUT2D eigenvalue weighted by molar-refractivity contribution is 9.10. The SMILES string of the molecule is COc1ccccc1OC(C)C(=O)NNC(=O)COc1ccc(C(C)(C)C)cc1Br. The summed E-state index contributed by atoms with van der Waals surface area (Å²) in [5.74, 6) is 0.473. The Morgan fingerprint density at radius 1 is 1.03 bits per heavy atom. The molecule has 162 valence electrons. The molecular formula is C22H27BrN2O5. The second-order valence-corrected chi connectivity index (χ2v) is 8.49. The smallest absolute Gasteiger partial charge is 0.279 e. The topological polar surface area (TPSA) is 85.9 Å². The fourth-order valence-corrected chi connectivity index (χ4v) is 2.95. The van der Waals surface area contributed by atoms with Crippen LogP contribution in [-0.2, 0) is 15.0 Å². The third-order valence-electron chi connectivity index (χ3n) is 4.22. The number of hydrogen-bond donors (Lipinski definition) is 2. The van der Waals surface area contributed by atoms with E-state index in [2.05, 4.69) is 47.6 Å². The number of methoxy groups -OCH3 is 1. The molecule has 0 radical (unpaired) electrons. The van der Waals surface area contributed by atoms with Crippen LogP contribution >= 0.6 is 15.9 Å². The number of hydrogen-bond acceptors (Lipinski definition) is 5. The first-order valence-corrected chi connectivity index (χ1v) is 10.2. The Labute approximate surface area is 185 Å². The highest BCUT2D eigenvalue weighted by Gasteiger charge is 2.18. The molecule has 0 spiro atoms. The highest BCUT2D eigenvalue weighted by atomic mass is 79.9. The lowest BCUT2D eigenvalue weighted by Gasteiger charge is -2.20. The molecule has 0 heterocycles. The Balaban J connectivity index is 1.82. The fourth-order valence-electron chi connectivity index (χ4n) is 2.46. The standard InChI is InChI=1S/C22H27BrN2O5/c1-14(30-19-9-7-6-8-18(19)28-5)21(27)25-24-20(26)13-29-17-11-10-15(12-16(17)23)22(2,3)4/h6-12,14H,13H2,1-5H3,(H,24,26)(H,25,27). The average molecular weight is 479 g/mol. The molecule has 0 aromatic heterocycles. The predicted molar refractivity (Wildman–Crippen MR) is 118 cm³/mol. The molecule has 2 aromatic rings. The zero-order valence-electron chi connectivity index (χ0n) is 17.7. The molecule has 0 saturated heterocycles. The first-order valence-electron chi connectivity index (χ1n) is 9.43. The van der Waals surface area contributed by atoms with E-state index < -0.39 is 17.9 Å². The quantitative estimate of drug-likeness (QED) is 0.591. The van der Waals surface area contributed by atoms with Crippen LogP contribution in [0.3, 0.4) is 0 Å². The van der Waals surface area contributed by atoms with Crippen LogP contribution in [-0.4, -0.2) is 31.6 Å². The second kappa shape index (κ2) is 10.3. The van der Waals surface area contributed by atoms with Crippen molar-refractivity contribution in [3.8, 4) is 17.2 Å². The summed E-state index contributed by atoms with van der Waals surface area (Å²) in [4.78, 5) is 24.2. The Bertz CT molecular complexity index is 895. The predicted octanol–water partition coefficient (Wildman–Crippen LogP) is 3.75. The van der Waals surface area contributed by atoms with E-state index in [1.807, 2.05) is 12.1 Å². The summed E-state index contributed by atoms with van der Waals surface area (Å²) < 4.78 is 17.1. The van der Waals surface area contributed by atoms with E-state index in [1.165, 1.54) is 7.11 Å². The van der Waals surface area contributed by atoms with Crippen LogP contribution in [0.5, 0.6) is 17.2 Å². The van der Waals surface area contributed by atoms with Crippen molar-refractivity contribution in [3.05, 3.63) is 52.5 Å². The lowest BCUT2D eigenvalue weighted by Crippen LogP contribution is -2.48. The molecule has 2 amide bonds. The fraction of sp³-hybridized carbons (Fsp3) is 0.364. The minimum absolute atomic E-state index is 0.00520. The highest BCUT2D eigenvalue weighted by Crippen LogP contribution is 2.31. The number of carbonyl (C=O) groups is 2. The van der Waals surface area contributed by atoms with Gasteiger partial charge in [0.25, 0.3) is 11.8 Å². The maximum absolute atomic E-state index is 12.2. The molecule has 0 aliphatic rings. The maximum Gasteiger partial charge on any atom is 0.279 e. The number of hydrazine groups is 1. The normalized spacial score (nSPS) is 11.9. The van der Waals surface area contributed by atoms with Crippen molar-refractivity contribution in [2.24, 2.45) is 0 Å². The molecule has 0 bridgehead atoms. The number of amides is 2. The summed E-state index contributed by atoms with van der Waals surface area (Å²) in [7, 11) is 1.52. The molecule has 0 saturated carbocycles. The Hall–Kier alpha value is -2.74. The van der Waals surface area contributed by atoms with Gasteiger partial charge >= 0.3 is 0 Å². The van der Waals surface area contributed by atoms with Gasteiger partial charge in [-0.1, -0.05) is 39.0 Å². The van der Waals surface area contributed by atoms with Crippen LogP contribution in [0, 0.1) is 0 Å². The number of halogens is 1. The van der Waals surface area contributed by atoms with Crippen LogP contribution in [0.4, 0.5) is 0 Å². The number of ether oxygens (including phenoxy) is 3. The van der Waals surface area contributed by atoms with E-state index in [0.29, 0.717) is 17.2 Å². The minimum atomic E-state index is -0.846. The Morgan fingerprint density at radius 3 is 2.30 bits per heavy atom. The summed E-state index contributed by atoms with van der Waals surface area (Å²) in [5.41, 5.74) is 5.78. The lowest BCUT2D eigenvalue weighted by molar-refractivity contribution is -0.133. The van der Waals surface area contributed by atoms with E-state index in [-0.39, 0.29) is 12.0 Å². The van der Waals surface area contributed by atoms with E-state index in [1.54, 1.807) is 37.3 Å². The molecule has 2 rings (SSSR count). The number of rotatable bonds is 7. The molecule has 8 heteroatoms. The van der Waals surface area contributed by atoms with Gasteiger partial charge < -0.3 is 14.2 Å². The molecule has 30 heavy (non-hydrogen) atoms. The molecule has 7 nitrogen and oxygen atoms in total. The Kier molecular flexibility index (Phi) is 8.11. The molecule has 2 N–H and O–H groups in total. The number of benzene rings is 2. The van der Waals surface area contributed by atoms with Gasteiger partial charge in [-0.15, -0.1) is 0 Å². The van der Waals surface area contributed by atoms with Crippen LogP contribution < -0.4 is 25.1 Å². The minimum Gasteiger partial charge on any atom is -0.493 e. The van der Waals surface area contributed by atoms with Crippen LogP contribution in [0.25, 0.3) is 0 Å². The monoisotopic (exact) mass is 478 g/mol. The van der Waals surface area contributed by atoms with E-state index in [0.717, 1.165) is 10.0 Å². The van der Waals surface area contributed by atoms with Gasteiger partial charge in [0, 0.05) is 0 Å². The van der Waals surface area contributed by atoms with E-state index in [4.69, 9.17) is 14.2 Å². The summed E-state index contributed by atoms with van der Waals surface area (Å²) in [6.45, 7) is 7.66. The van der Waals surface area contributed by atoms with E-state index >= 15 is 0 Å². The zero-order chi connectivity index (χ0) is 22.3. The number of nitrogens with one attached hydrogen (secondary N) is 2. The van der Waals surface area contributed by atoms with Crippen molar-refractivity contribution in [2.45, 2.75) is 39.2 Å². The first-order chi connectivity index (χ1) is 14.1. The number of carbonyl (C=O) groups excluding carboxylic acids is 2. The molecule has 1 unspecified atom stereocenters. The van der Waals surface area contributed by atoms with Crippen molar-refractivity contribution in [1.29, 1.82) is 0 Å². The van der Waals surface area contributed by atoms with Crippen LogP contribution in [0.15, 0.2) is 46.9 Å². The molecule has 0 fully saturated rings. The molecule has 0 aliphatic carbocycles.